The van der Waals surface area contributed by atoms with Crippen molar-refractivity contribution in [2.45, 2.75) is 4.90 Å². The van der Waals surface area contributed by atoms with E-state index in [-0.39, 0.29) is 4.90 Å². The Balaban J connectivity index is 2.18. The van der Waals surface area contributed by atoms with Crippen molar-refractivity contribution in [2.24, 2.45) is 5.14 Å². The summed E-state index contributed by atoms with van der Waals surface area (Å²) in [5.41, 5.74) is 1.03. The van der Waals surface area contributed by atoms with Gasteiger partial charge in [0, 0.05) is 10.8 Å². The summed E-state index contributed by atoms with van der Waals surface area (Å²) in [4.78, 5) is 2.36. The van der Waals surface area contributed by atoms with Crippen LogP contribution in [0.2, 0.25) is 0 Å². The molecule has 1 aliphatic rings. The van der Waals surface area contributed by atoms with E-state index >= 15 is 0 Å². The molecule has 0 aromatic heterocycles. The van der Waals surface area contributed by atoms with E-state index in [1.54, 1.807) is 24.3 Å². The Morgan fingerprint density at radius 2 is 1.69 bits per heavy atom. The first-order valence-corrected chi connectivity index (χ1v) is 8.46. The van der Waals surface area contributed by atoms with Gasteiger partial charge in [0.2, 0.25) is 10.0 Å². The first-order valence-electron chi connectivity index (χ1n) is 4.61. The summed E-state index contributed by atoms with van der Waals surface area (Å²) in [7, 11) is -3.58. The second-order valence-electron chi connectivity index (χ2n) is 3.36. The second kappa shape index (κ2) is 4.87. The van der Waals surface area contributed by atoms with Gasteiger partial charge in [0.05, 0.1) is 16.6 Å². The maximum atomic E-state index is 11.1. The van der Waals surface area contributed by atoms with Crippen molar-refractivity contribution < 1.29 is 8.42 Å². The van der Waals surface area contributed by atoms with E-state index in [1.807, 2.05) is 23.5 Å². The van der Waals surface area contributed by atoms with Gasteiger partial charge in [0.1, 0.15) is 0 Å². The van der Waals surface area contributed by atoms with Gasteiger partial charge >= 0.3 is 0 Å². The molecular weight excluding hydrogens is 264 g/mol. The number of thioether (sulfide) groups is 2. The average Bonchev–Trinajstić information content (AvgIpc) is 2.29. The van der Waals surface area contributed by atoms with Crippen molar-refractivity contribution in [1.29, 1.82) is 0 Å². The molecule has 1 aromatic carbocycles. The van der Waals surface area contributed by atoms with Crippen LogP contribution in [0, 0.1) is 0 Å². The van der Waals surface area contributed by atoms with Gasteiger partial charge in [-0.05, 0) is 24.3 Å². The molecule has 0 amide bonds. The molecule has 0 unspecified atom stereocenters. The lowest BCUT2D eigenvalue weighted by atomic mass is 10.3. The lowest BCUT2D eigenvalue weighted by Crippen LogP contribution is -2.25. The van der Waals surface area contributed by atoms with Crippen LogP contribution in [0.1, 0.15) is 0 Å². The Kier molecular flexibility index (Phi) is 3.68. The molecule has 0 aliphatic carbocycles. The summed E-state index contributed by atoms with van der Waals surface area (Å²) in [5, 5.41) is 6.15. The molecule has 0 atom stereocenters. The van der Waals surface area contributed by atoms with Crippen LogP contribution in [0.3, 0.4) is 0 Å². The predicted octanol–water partition coefficient (Wildman–Crippen LogP) is 1.49. The van der Waals surface area contributed by atoms with Crippen molar-refractivity contribution in [1.82, 2.24) is 0 Å². The molecule has 1 aromatic rings. The lowest BCUT2D eigenvalue weighted by Gasteiger charge is -2.27. The number of nitrogens with two attached hydrogens (primary N) is 1. The maximum absolute atomic E-state index is 11.1. The minimum absolute atomic E-state index is 0.161. The summed E-state index contributed by atoms with van der Waals surface area (Å²) >= 11 is 3.71. The fourth-order valence-electron chi connectivity index (χ4n) is 1.39. The first-order chi connectivity index (χ1) is 7.57. The number of primary sulfonamides is 1. The molecule has 16 heavy (non-hydrogen) atoms. The van der Waals surface area contributed by atoms with E-state index in [0.29, 0.717) is 0 Å². The molecule has 1 fully saturated rings. The van der Waals surface area contributed by atoms with E-state index in [9.17, 15) is 8.42 Å². The van der Waals surface area contributed by atoms with Crippen LogP contribution in [0.4, 0.5) is 5.69 Å². The Bertz CT molecular complexity index is 452. The number of hydrogen-bond acceptors (Lipinski definition) is 5. The predicted molar refractivity (Wildman–Crippen MR) is 70.1 cm³/mol. The van der Waals surface area contributed by atoms with Crippen LogP contribution in [-0.4, -0.2) is 25.3 Å². The van der Waals surface area contributed by atoms with E-state index < -0.39 is 10.0 Å². The minimum Gasteiger partial charge on any atom is -0.353 e. The number of sulfonamides is 1. The molecule has 2 N–H and O–H groups in total. The normalized spacial score (nSPS) is 17.4. The second-order valence-corrected chi connectivity index (χ2v) is 7.20. The SMILES string of the molecule is NS(=O)(=O)c1ccc(N2CSCSC2)cc1. The van der Waals surface area contributed by atoms with E-state index in [1.165, 1.54) is 0 Å². The smallest absolute Gasteiger partial charge is 0.238 e. The molecular formula is C9H12N2O2S3. The summed E-state index contributed by atoms with van der Waals surface area (Å²) in [6, 6.07) is 6.70. The van der Waals surface area contributed by atoms with Crippen LogP contribution < -0.4 is 10.0 Å². The van der Waals surface area contributed by atoms with Crippen molar-refractivity contribution in [3.05, 3.63) is 24.3 Å². The van der Waals surface area contributed by atoms with Crippen LogP contribution in [0.5, 0.6) is 0 Å². The van der Waals surface area contributed by atoms with Gasteiger partial charge < -0.3 is 4.90 Å². The maximum Gasteiger partial charge on any atom is 0.238 e. The Hall–Kier alpha value is -0.370. The number of rotatable bonds is 2. The highest BCUT2D eigenvalue weighted by atomic mass is 32.2. The van der Waals surface area contributed by atoms with Crippen LogP contribution in [-0.2, 0) is 10.0 Å². The largest absolute Gasteiger partial charge is 0.353 e. The van der Waals surface area contributed by atoms with Crippen molar-refractivity contribution in [2.75, 3.05) is 21.7 Å². The zero-order valence-electron chi connectivity index (χ0n) is 8.50. The van der Waals surface area contributed by atoms with Gasteiger partial charge in [0.15, 0.2) is 0 Å². The topological polar surface area (TPSA) is 63.4 Å². The minimum atomic E-state index is -3.58. The van der Waals surface area contributed by atoms with Crippen molar-refractivity contribution >= 4 is 39.2 Å². The van der Waals surface area contributed by atoms with Crippen molar-refractivity contribution in [3.63, 3.8) is 0 Å². The Labute approximate surface area is 104 Å². The molecule has 1 heterocycles. The summed E-state index contributed by atoms with van der Waals surface area (Å²) in [6.07, 6.45) is 0. The zero-order chi connectivity index (χ0) is 11.6. The average molecular weight is 276 g/mol. The van der Waals surface area contributed by atoms with E-state index in [0.717, 1.165) is 22.5 Å². The summed E-state index contributed by atoms with van der Waals surface area (Å²) < 4.78 is 22.2. The monoisotopic (exact) mass is 276 g/mol. The number of anilines is 1. The van der Waals surface area contributed by atoms with Crippen LogP contribution in [0.25, 0.3) is 0 Å². The fraction of sp³-hybridized carbons (Fsp3) is 0.333. The highest BCUT2D eigenvalue weighted by Crippen LogP contribution is 2.27. The third-order valence-electron chi connectivity index (χ3n) is 2.19. The molecule has 2 rings (SSSR count). The standard InChI is InChI=1S/C9H12N2O2S3/c10-16(12,13)9-3-1-8(2-4-9)11-5-14-7-15-6-11/h1-4H,5-7H2,(H2,10,12,13). The van der Waals surface area contributed by atoms with Crippen molar-refractivity contribution in [3.8, 4) is 0 Å². The molecule has 0 radical (unpaired) electrons. The Morgan fingerprint density at radius 3 is 2.19 bits per heavy atom. The highest BCUT2D eigenvalue weighted by Gasteiger charge is 2.13. The molecule has 7 heteroatoms. The van der Waals surface area contributed by atoms with Gasteiger partial charge in [-0.15, -0.1) is 23.5 Å². The molecule has 0 bridgehead atoms. The molecule has 4 nitrogen and oxygen atoms in total. The molecule has 1 saturated heterocycles. The first kappa shape index (κ1) is 12.1. The van der Waals surface area contributed by atoms with Gasteiger partial charge in [-0.1, -0.05) is 0 Å². The van der Waals surface area contributed by atoms with Gasteiger partial charge in [0.25, 0.3) is 0 Å². The molecule has 88 valence electrons. The quantitative estimate of drug-likeness (QED) is 0.886. The van der Waals surface area contributed by atoms with Gasteiger partial charge in [-0.3, -0.25) is 0 Å². The van der Waals surface area contributed by atoms with E-state index in [2.05, 4.69) is 4.90 Å². The van der Waals surface area contributed by atoms with Gasteiger partial charge in [-0.2, -0.15) is 0 Å². The molecule has 0 saturated carbocycles. The third kappa shape index (κ3) is 2.85. The summed E-state index contributed by atoms with van der Waals surface area (Å²) in [5.74, 6) is 1.89. The third-order valence-corrected chi connectivity index (χ3v) is 5.44. The fourth-order valence-corrected chi connectivity index (χ4v) is 4.01. The summed E-state index contributed by atoms with van der Waals surface area (Å²) in [6.45, 7) is 0. The lowest BCUT2D eigenvalue weighted by molar-refractivity contribution is 0.598. The van der Waals surface area contributed by atoms with Crippen LogP contribution >= 0.6 is 23.5 Å². The van der Waals surface area contributed by atoms with Gasteiger partial charge in [-0.25, -0.2) is 13.6 Å². The Morgan fingerprint density at radius 1 is 1.12 bits per heavy atom. The van der Waals surface area contributed by atoms with E-state index in [4.69, 9.17) is 5.14 Å². The number of benzene rings is 1. The molecule has 1 aliphatic heterocycles. The molecule has 0 spiro atoms. The number of nitrogens with zero attached hydrogens (tertiary/aromatic N) is 1. The highest BCUT2D eigenvalue weighted by molar-refractivity contribution is 8.16. The zero-order valence-corrected chi connectivity index (χ0v) is 10.9. The van der Waals surface area contributed by atoms with Crippen LogP contribution in [0.15, 0.2) is 29.2 Å². The number of hydrogen-bond donors (Lipinski definition) is 1.